The average Bonchev–Trinajstić information content (AvgIpc) is 3.50. The van der Waals surface area contributed by atoms with E-state index in [1.807, 2.05) is 42.5 Å². The first-order valence-corrected chi connectivity index (χ1v) is 9.64. The largest absolute Gasteiger partial charge is 0.352 e. The van der Waals surface area contributed by atoms with Crippen molar-refractivity contribution in [1.82, 2.24) is 10.6 Å². The van der Waals surface area contributed by atoms with Crippen LogP contribution in [0.3, 0.4) is 0 Å². The highest BCUT2D eigenvalue weighted by atomic mass is 16.2. The lowest BCUT2D eigenvalue weighted by Gasteiger charge is -2.25. The van der Waals surface area contributed by atoms with Gasteiger partial charge in [0.05, 0.1) is 0 Å². The highest BCUT2D eigenvalue weighted by Crippen LogP contribution is 2.28. The number of fused-ring (bicyclic) bond motifs is 1. The van der Waals surface area contributed by atoms with E-state index in [0.717, 1.165) is 41.6 Å². The maximum absolute atomic E-state index is 12.8. The highest BCUT2D eigenvalue weighted by molar-refractivity contribution is 5.93. The second-order valence-corrected chi connectivity index (χ2v) is 7.48. The Balaban J connectivity index is 1.53. The molecule has 1 saturated carbocycles. The zero-order valence-electron chi connectivity index (χ0n) is 15.5. The van der Waals surface area contributed by atoms with E-state index in [1.54, 1.807) is 0 Å². The number of carbonyl (C=O) groups is 2. The van der Waals surface area contributed by atoms with Gasteiger partial charge >= 0.3 is 0 Å². The SMILES string of the molecule is C[C@@H](N[C@@H](C(=O)NC1CC1)c1ccccc1)c1ccc2c(c1)CCC(=O)N2. The van der Waals surface area contributed by atoms with Crippen LogP contribution in [0.4, 0.5) is 5.69 Å². The number of anilines is 1. The van der Waals surface area contributed by atoms with E-state index < -0.39 is 6.04 Å². The van der Waals surface area contributed by atoms with Gasteiger partial charge in [-0.2, -0.15) is 0 Å². The van der Waals surface area contributed by atoms with Crippen LogP contribution in [-0.4, -0.2) is 17.9 Å². The van der Waals surface area contributed by atoms with Crippen molar-refractivity contribution < 1.29 is 9.59 Å². The van der Waals surface area contributed by atoms with Gasteiger partial charge in [-0.3, -0.25) is 14.9 Å². The molecule has 2 amide bonds. The smallest absolute Gasteiger partial charge is 0.241 e. The molecule has 3 N–H and O–H groups in total. The van der Waals surface area contributed by atoms with Crippen LogP contribution in [0.2, 0.25) is 0 Å². The first-order valence-electron chi connectivity index (χ1n) is 9.64. The standard InChI is InChI=1S/C22H25N3O2/c1-14(16-7-11-19-17(13-16)8-12-20(26)25-19)23-21(15-5-3-2-4-6-15)22(27)24-18-9-10-18/h2-7,11,13-14,18,21,23H,8-10,12H2,1H3,(H,24,27)(H,25,26)/t14-,21-/m1/s1. The van der Waals surface area contributed by atoms with Crippen molar-refractivity contribution in [3.05, 3.63) is 65.2 Å². The third-order valence-electron chi connectivity index (χ3n) is 5.26. The fourth-order valence-electron chi connectivity index (χ4n) is 3.50. The summed E-state index contributed by atoms with van der Waals surface area (Å²) in [5, 5.41) is 9.53. The lowest BCUT2D eigenvalue weighted by molar-refractivity contribution is -0.123. The van der Waals surface area contributed by atoms with Crippen molar-refractivity contribution in [1.29, 1.82) is 0 Å². The third-order valence-corrected chi connectivity index (χ3v) is 5.26. The number of rotatable bonds is 6. The van der Waals surface area contributed by atoms with Crippen LogP contribution in [0.1, 0.15) is 55.0 Å². The first-order chi connectivity index (χ1) is 13.1. The number of nitrogens with one attached hydrogen (secondary N) is 3. The topological polar surface area (TPSA) is 70.2 Å². The lowest BCUT2D eigenvalue weighted by Crippen LogP contribution is -2.39. The summed E-state index contributed by atoms with van der Waals surface area (Å²) >= 11 is 0. The zero-order chi connectivity index (χ0) is 18.8. The zero-order valence-corrected chi connectivity index (χ0v) is 15.5. The molecule has 27 heavy (non-hydrogen) atoms. The summed E-state index contributed by atoms with van der Waals surface area (Å²) in [4.78, 5) is 24.4. The monoisotopic (exact) mass is 363 g/mol. The van der Waals surface area contributed by atoms with Crippen molar-refractivity contribution in [2.75, 3.05) is 5.32 Å². The van der Waals surface area contributed by atoms with Gasteiger partial charge in [0, 0.05) is 24.2 Å². The molecule has 0 aromatic heterocycles. The van der Waals surface area contributed by atoms with Crippen LogP contribution in [0, 0.1) is 0 Å². The van der Waals surface area contributed by atoms with Crippen LogP contribution in [0.5, 0.6) is 0 Å². The molecule has 0 saturated heterocycles. The Morgan fingerprint density at radius 1 is 1.07 bits per heavy atom. The Morgan fingerprint density at radius 3 is 2.59 bits per heavy atom. The predicted octanol–water partition coefficient (Wildman–Crippen LogP) is 3.24. The van der Waals surface area contributed by atoms with Crippen LogP contribution in [0.25, 0.3) is 0 Å². The van der Waals surface area contributed by atoms with Gasteiger partial charge in [0.25, 0.3) is 0 Å². The first kappa shape index (κ1) is 17.7. The van der Waals surface area contributed by atoms with Gasteiger partial charge in [-0.25, -0.2) is 0 Å². The molecule has 0 unspecified atom stereocenters. The lowest BCUT2D eigenvalue weighted by atomic mass is 9.96. The second-order valence-electron chi connectivity index (χ2n) is 7.48. The van der Waals surface area contributed by atoms with Gasteiger partial charge in [0.2, 0.25) is 11.8 Å². The van der Waals surface area contributed by atoms with Crippen molar-refractivity contribution in [3.63, 3.8) is 0 Å². The average molecular weight is 363 g/mol. The van der Waals surface area contributed by atoms with E-state index in [9.17, 15) is 9.59 Å². The molecule has 5 nitrogen and oxygen atoms in total. The summed E-state index contributed by atoms with van der Waals surface area (Å²) in [7, 11) is 0. The summed E-state index contributed by atoms with van der Waals surface area (Å²) in [5.41, 5.74) is 4.13. The fraction of sp³-hybridized carbons (Fsp3) is 0.364. The van der Waals surface area contributed by atoms with Gasteiger partial charge in [-0.1, -0.05) is 42.5 Å². The molecule has 0 spiro atoms. The van der Waals surface area contributed by atoms with Gasteiger partial charge in [-0.05, 0) is 48.9 Å². The van der Waals surface area contributed by atoms with Crippen molar-refractivity contribution in [3.8, 4) is 0 Å². The third kappa shape index (κ3) is 4.19. The molecule has 4 rings (SSSR count). The molecule has 2 aromatic rings. The van der Waals surface area contributed by atoms with Gasteiger partial charge in [0.15, 0.2) is 0 Å². The molecule has 1 heterocycles. The van der Waals surface area contributed by atoms with Crippen molar-refractivity contribution in [2.45, 2.75) is 50.7 Å². The van der Waals surface area contributed by atoms with Crippen LogP contribution in [-0.2, 0) is 16.0 Å². The number of aryl methyl sites for hydroxylation is 1. The minimum atomic E-state index is -0.391. The Bertz CT molecular complexity index is 846. The number of hydrogen-bond acceptors (Lipinski definition) is 3. The number of hydrogen-bond donors (Lipinski definition) is 3. The maximum Gasteiger partial charge on any atom is 0.241 e. The van der Waals surface area contributed by atoms with E-state index in [4.69, 9.17) is 0 Å². The molecule has 1 aliphatic heterocycles. The Morgan fingerprint density at radius 2 is 1.85 bits per heavy atom. The Labute approximate surface area is 159 Å². The summed E-state index contributed by atoms with van der Waals surface area (Å²) in [6.45, 7) is 2.07. The van der Waals surface area contributed by atoms with E-state index in [0.29, 0.717) is 12.5 Å². The predicted molar refractivity (Wildman–Crippen MR) is 105 cm³/mol. The van der Waals surface area contributed by atoms with E-state index in [2.05, 4.69) is 28.9 Å². The summed E-state index contributed by atoms with van der Waals surface area (Å²) < 4.78 is 0. The van der Waals surface area contributed by atoms with E-state index >= 15 is 0 Å². The van der Waals surface area contributed by atoms with Gasteiger partial charge in [0.1, 0.15) is 6.04 Å². The van der Waals surface area contributed by atoms with Crippen molar-refractivity contribution in [2.24, 2.45) is 0 Å². The van der Waals surface area contributed by atoms with E-state index in [1.165, 1.54) is 0 Å². The van der Waals surface area contributed by atoms with Gasteiger partial charge < -0.3 is 10.6 Å². The molecule has 0 bridgehead atoms. The van der Waals surface area contributed by atoms with Gasteiger partial charge in [-0.15, -0.1) is 0 Å². The minimum absolute atomic E-state index is 0.00286. The fourth-order valence-corrected chi connectivity index (χ4v) is 3.50. The number of benzene rings is 2. The normalized spacial score (nSPS) is 18.2. The molecule has 1 fully saturated rings. The van der Waals surface area contributed by atoms with E-state index in [-0.39, 0.29) is 17.9 Å². The molecular formula is C22H25N3O2. The summed E-state index contributed by atoms with van der Waals surface area (Å²) in [5.74, 6) is 0.100. The second kappa shape index (κ2) is 7.53. The highest BCUT2D eigenvalue weighted by Gasteiger charge is 2.29. The number of amides is 2. The molecule has 2 atom stereocenters. The molecular weight excluding hydrogens is 338 g/mol. The Hall–Kier alpha value is -2.66. The summed E-state index contributed by atoms with van der Waals surface area (Å²) in [6, 6.07) is 15.9. The van der Waals surface area contributed by atoms with Crippen molar-refractivity contribution >= 4 is 17.5 Å². The molecule has 140 valence electrons. The molecule has 2 aliphatic rings. The minimum Gasteiger partial charge on any atom is -0.352 e. The van der Waals surface area contributed by atoms with Crippen LogP contribution < -0.4 is 16.0 Å². The molecule has 1 aliphatic carbocycles. The quantitative estimate of drug-likeness (QED) is 0.738. The van der Waals surface area contributed by atoms with Crippen LogP contribution in [0.15, 0.2) is 48.5 Å². The summed E-state index contributed by atoms with van der Waals surface area (Å²) in [6.07, 6.45) is 3.42. The maximum atomic E-state index is 12.8. The molecule has 5 heteroatoms. The molecule has 0 radical (unpaired) electrons. The Kier molecular flexibility index (Phi) is 4.94. The number of carbonyl (C=O) groups excluding carboxylic acids is 2. The van der Waals surface area contributed by atoms with Crippen LogP contribution >= 0.6 is 0 Å². The molecule has 2 aromatic carbocycles.